The summed E-state index contributed by atoms with van der Waals surface area (Å²) in [5.74, 6) is 0. The summed E-state index contributed by atoms with van der Waals surface area (Å²) in [6.45, 7) is 8.75. The van der Waals surface area contributed by atoms with Crippen LogP contribution in [0, 0.1) is 0 Å². The lowest BCUT2D eigenvalue weighted by Crippen LogP contribution is -3.00. The van der Waals surface area contributed by atoms with E-state index in [0.717, 1.165) is 17.4 Å². The van der Waals surface area contributed by atoms with Gasteiger partial charge in [-0.2, -0.15) is 0 Å². The van der Waals surface area contributed by atoms with E-state index in [1.807, 2.05) is 12.2 Å². The molecule has 0 heterocycles. The van der Waals surface area contributed by atoms with Gasteiger partial charge in [0.2, 0.25) is 0 Å². The van der Waals surface area contributed by atoms with Gasteiger partial charge in [-0.25, -0.2) is 0 Å². The van der Waals surface area contributed by atoms with Crippen LogP contribution in [0.2, 0.25) is 0 Å². The van der Waals surface area contributed by atoms with Crippen LogP contribution in [0.5, 0.6) is 0 Å². The van der Waals surface area contributed by atoms with Gasteiger partial charge in [-0.15, -0.1) is 6.58 Å². The topological polar surface area (TPSA) is 0 Å². The fraction of sp³-hybridized carbons (Fsp3) is 0.333. The van der Waals surface area contributed by atoms with Crippen molar-refractivity contribution >= 4 is 0 Å². The Morgan fingerprint density at radius 1 is 1.18 bits per heavy atom. The molecule has 1 aromatic rings. The standard InChI is InChI=1S/C15H22N.ClH/c1-5-10-15(6-2)16(3,4)13-14-11-8-7-9-12-14;/h5-9,11-12,15H,1-2,10,13H2,3-4H3;1H/q+1;/p-1. The molecule has 0 bridgehead atoms. The zero-order valence-electron chi connectivity index (χ0n) is 10.8. The Bertz CT molecular complexity index is 343. The van der Waals surface area contributed by atoms with Gasteiger partial charge in [0.05, 0.1) is 14.1 Å². The number of hydrogen-bond donors (Lipinski definition) is 0. The van der Waals surface area contributed by atoms with Crippen molar-refractivity contribution in [2.75, 3.05) is 14.1 Å². The smallest absolute Gasteiger partial charge is 0.111 e. The Morgan fingerprint density at radius 2 is 1.76 bits per heavy atom. The summed E-state index contributed by atoms with van der Waals surface area (Å²) in [7, 11) is 4.48. The first-order valence-electron chi connectivity index (χ1n) is 5.70. The third-order valence-corrected chi connectivity index (χ3v) is 3.01. The quantitative estimate of drug-likeness (QED) is 0.507. The van der Waals surface area contributed by atoms with Crippen molar-refractivity contribution in [2.24, 2.45) is 0 Å². The van der Waals surface area contributed by atoms with E-state index in [-0.39, 0.29) is 12.4 Å². The van der Waals surface area contributed by atoms with Crippen molar-refractivity contribution in [1.29, 1.82) is 0 Å². The van der Waals surface area contributed by atoms with Crippen molar-refractivity contribution in [2.45, 2.75) is 19.0 Å². The van der Waals surface area contributed by atoms with Gasteiger partial charge in [0.15, 0.2) is 0 Å². The van der Waals surface area contributed by atoms with Gasteiger partial charge < -0.3 is 16.9 Å². The maximum absolute atomic E-state index is 3.92. The highest BCUT2D eigenvalue weighted by atomic mass is 35.5. The van der Waals surface area contributed by atoms with E-state index in [1.165, 1.54) is 5.56 Å². The van der Waals surface area contributed by atoms with Crippen molar-refractivity contribution in [3.05, 3.63) is 61.2 Å². The fourth-order valence-electron chi connectivity index (χ4n) is 2.01. The van der Waals surface area contributed by atoms with Crippen LogP contribution >= 0.6 is 0 Å². The van der Waals surface area contributed by atoms with Crippen LogP contribution in [-0.2, 0) is 6.54 Å². The molecule has 0 radical (unpaired) electrons. The molecule has 1 nitrogen and oxygen atoms in total. The molecule has 0 aliphatic rings. The molecule has 0 aliphatic carbocycles. The SMILES string of the molecule is C=CCC(C=C)[N+](C)(C)Cc1ccccc1.[Cl-]. The van der Waals surface area contributed by atoms with Gasteiger partial charge >= 0.3 is 0 Å². The van der Waals surface area contributed by atoms with Gasteiger partial charge in [-0.05, 0) is 6.08 Å². The van der Waals surface area contributed by atoms with Gasteiger partial charge in [0.1, 0.15) is 12.6 Å². The first kappa shape index (κ1) is 16.0. The van der Waals surface area contributed by atoms with E-state index < -0.39 is 0 Å². The van der Waals surface area contributed by atoms with Crippen molar-refractivity contribution in [3.8, 4) is 0 Å². The highest BCUT2D eigenvalue weighted by Gasteiger charge is 2.24. The predicted molar refractivity (Wildman–Crippen MR) is 71.1 cm³/mol. The molecule has 1 unspecified atom stereocenters. The summed E-state index contributed by atoms with van der Waals surface area (Å²) in [4.78, 5) is 0. The fourth-order valence-corrected chi connectivity index (χ4v) is 2.01. The molecule has 0 aliphatic heterocycles. The van der Waals surface area contributed by atoms with Crippen LogP contribution in [-0.4, -0.2) is 24.6 Å². The maximum Gasteiger partial charge on any atom is 0.111 e. The van der Waals surface area contributed by atoms with Gasteiger partial charge in [0, 0.05) is 12.0 Å². The molecular formula is C15H22ClN. The van der Waals surface area contributed by atoms with E-state index in [9.17, 15) is 0 Å². The first-order chi connectivity index (χ1) is 7.60. The Morgan fingerprint density at radius 3 is 2.24 bits per heavy atom. The highest BCUT2D eigenvalue weighted by molar-refractivity contribution is 5.13. The number of halogens is 1. The lowest BCUT2D eigenvalue weighted by molar-refractivity contribution is -0.921. The average Bonchev–Trinajstić information content (AvgIpc) is 2.26. The molecule has 1 rings (SSSR count). The summed E-state index contributed by atoms with van der Waals surface area (Å²) in [5.41, 5.74) is 1.36. The minimum Gasteiger partial charge on any atom is -1.00 e. The predicted octanol–water partition coefficient (Wildman–Crippen LogP) is 0.398. The van der Waals surface area contributed by atoms with Crippen molar-refractivity contribution < 1.29 is 16.9 Å². The second-order valence-electron chi connectivity index (χ2n) is 4.75. The molecule has 1 aromatic carbocycles. The van der Waals surface area contributed by atoms with E-state index >= 15 is 0 Å². The van der Waals surface area contributed by atoms with E-state index in [2.05, 4.69) is 57.6 Å². The van der Waals surface area contributed by atoms with E-state index in [1.54, 1.807) is 0 Å². The van der Waals surface area contributed by atoms with Crippen LogP contribution in [0.25, 0.3) is 0 Å². The zero-order chi connectivity index (χ0) is 12.0. The molecule has 0 fully saturated rings. The molecule has 0 spiro atoms. The second-order valence-corrected chi connectivity index (χ2v) is 4.75. The number of nitrogens with zero attached hydrogens (tertiary/aromatic N) is 1. The number of quaternary nitrogens is 1. The van der Waals surface area contributed by atoms with Gasteiger partial charge in [-0.3, -0.25) is 0 Å². The summed E-state index contributed by atoms with van der Waals surface area (Å²) in [6, 6.07) is 11.0. The van der Waals surface area contributed by atoms with Gasteiger partial charge in [0.25, 0.3) is 0 Å². The van der Waals surface area contributed by atoms with Crippen LogP contribution in [0.1, 0.15) is 12.0 Å². The monoisotopic (exact) mass is 251 g/mol. The molecule has 17 heavy (non-hydrogen) atoms. The Hall–Kier alpha value is -1.05. The molecule has 2 heteroatoms. The largest absolute Gasteiger partial charge is 1.00 e. The van der Waals surface area contributed by atoms with E-state index in [0.29, 0.717) is 6.04 Å². The number of rotatable bonds is 6. The molecule has 94 valence electrons. The highest BCUT2D eigenvalue weighted by Crippen LogP contribution is 2.17. The van der Waals surface area contributed by atoms with Crippen molar-refractivity contribution in [3.63, 3.8) is 0 Å². The summed E-state index contributed by atoms with van der Waals surface area (Å²) in [5, 5.41) is 0. The minimum absolute atomic E-state index is 0. The first-order valence-corrected chi connectivity index (χ1v) is 5.70. The van der Waals surface area contributed by atoms with Crippen molar-refractivity contribution in [1.82, 2.24) is 0 Å². The maximum atomic E-state index is 3.92. The lowest BCUT2D eigenvalue weighted by atomic mass is 10.1. The molecule has 0 saturated heterocycles. The van der Waals surface area contributed by atoms with Gasteiger partial charge in [-0.1, -0.05) is 43.0 Å². The van der Waals surface area contributed by atoms with Crippen LogP contribution < -0.4 is 12.4 Å². The number of benzene rings is 1. The number of hydrogen-bond acceptors (Lipinski definition) is 0. The minimum atomic E-state index is 0. The molecule has 0 saturated carbocycles. The van der Waals surface area contributed by atoms with Crippen LogP contribution in [0.3, 0.4) is 0 Å². The van der Waals surface area contributed by atoms with Crippen LogP contribution in [0.15, 0.2) is 55.6 Å². The summed E-state index contributed by atoms with van der Waals surface area (Å²) >= 11 is 0. The molecule has 0 amide bonds. The Balaban J connectivity index is 0.00000256. The summed E-state index contributed by atoms with van der Waals surface area (Å²) in [6.07, 6.45) is 4.98. The Labute approximate surface area is 111 Å². The molecule has 0 aromatic heterocycles. The molecule has 1 atom stereocenters. The number of likely N-dealkylation sites (N-methyl/N-ethyl adjacent to an activating group) is 1. The Kier molecular flexibility index (Phi) is 6.86. The van der Waals surface area contributed by atoms with Crippen LogP contribution in [0.4, 0.5) is 0 Å². The molecule has 0 N–H and O–H groups in total. The average molecular weight is 252 g/mol. The second kappa shape index (κ2) is 7.31. The zero-order valence-corrected chi connectivity index (χ0v) is 11.5. The van der Waals surface area contributed by atoms with E-state index in [4.69, 9.17) is 0 Å². The third kappa shape index (κ3) is 4.76. The molecular weight excluding hydrogens is 230 g/mol. The third-order valence-electron chi connectivity index (χ3n) is 3.01. The summed E-state index contributed by atoms with van der Waals surface area (Å²) < 4.78 is 0.916. The normalized spacial score (nSPS) is 12.4. The lowest BCUT2D eigenvalue weighted by Gasteiger charge is -2.36.